The van der Waals surface area contributed by atoms with Crippen molar-refractivity contribution in [3.63, 3.8) is 0 Å². The van der Waals surface area contributed by atoms with Gasteiger partial charge in [-0.1, -0.05) is 0 Å². The molecule has 0 saturated carbocycles. The highest BCUT2D eigenvalue weighted by molar-refractivity contribution is 5.62. The van der Waals surface area contributed by atoms with E-state index in [1.54, 1.807) is 0 Å². The van der Waals surface area contributed by atoms with Gasteiger partial charge in [0.05, 0.1) is 12.4 Å². The first-order chi connectivity index (χ1) is 6.75. The topological polar surface area (TPSA) is 46.0 Å². The molecule has 0 saturated heterocycles. The Morgan fingerprint density at radius 2 is 1.57 bits per heavy atom. The maximum atomic E-state index is 12.8. The first-order valence-corrected chi connectivity index (χ1v) is 4.00. The van der Waals surface area contributed by atoms with Gasteiger partial charge in [-0.05, 0) is 12.1 Å². The number of pyridine rings is 2. The first kappa shape index (κ1) is 8.62. The van der Waals surface area contributed by atoms with Crippen molar-refractivity contribution in [3.05, 3.63) is 42.7 Å². The summed E-state index contributed by atoms with van der Waals surface area (Å²) in [6, 6.07) is 2.84. The van der Waals surface area contributed by atoms with Crippen LogP contribution in [0, 0.1) is 5.82 Å². The molecule has 0 fully saturated rings. The van der Waals surface area contributed by atoms with Crippen LogP contribution >= 0.6 is 0 Å². The third kappa shape index (κ3) is 1.69. The molecule has 0 bridgehead atoms. The summed E-state index contributed by atoms with van der Waals surface area (Å²) in [6.07, 6.45) is 5.49. The molecule has 0 aliphatic rings. The standard InChI is InChI=1S/C10H7FN2O/c11-9-1-7(3-12-5-9)8-2-10(14)6-13-4-8/h1-6,14H. The Hall–Kier alpha value is -1.97. The molecule has 0 amide bonds. The summed E-state index contributed by atoms with van der Waals surface area (Å²) in [5.74, 6) is -0.363. The van der Waals surface area contributed by atoms with E-state index < -0.39 is 5.82 Å². The van der Waals surface area contributed by atoms with E-state index in [1.807, 2.05) is 0 Å². The number of aromatic nitrogens is 2. The van der Waals surface area contributed by atoms with Gasteiger partial charge in [-0.3, -0.25) is 9.97 Å². The van der Waals surface area contributed by atoms with Gasteiger partial charge in [-0.2, -0.15) is 0 Å². The predicted molar refractivity (Wildman–Crippen MR) is 49.1 cm³/mol. The molecule has 0 aliphatic heterocycles. The van der Waals surface area contributed by atoms with Crippen LogP contribution in [0.1, 0.15) is 0 Å². The fourth-order valence-electron chi connectivity index (χ4n) is 1.16. The molecule has 0 atom stereocenters. The van der Waals surface area contributed by atoms with Gasteiger partial charge in [0.2, 0.25) is 0 Å². The van der Waals surface area contributed by atoms with E-state index in [1.165, 1.54) is 30.7 Å². The zero-order chi connectivity index (χ0) is 9.97. The van der Waals surface area contributed by atoms with Crippen LogP contribution in [0.3, 0.4) is 0 Å². The zero-order valence-electron chi connectivity index (χ0n) is 7.18. The molecule has 1 N–H and O–H groups in total. The minimum absolute atomic E-state index is 0.0479. The van der Waals surface area contributed by atoms with E-state index in [9.17, 15) is 4.39 Å². The minimum atomic E-state index is -0.411. The Bertz CT molecular complexity index is 416. The quantitative estimate of drug-likeness (QED) is 0.747. The van der Waals surface area contributed by atoms with E-state index in [0.717, 1.165) is 6.20 Å². The minimum Gasteiger partial charge on any atom is -0.506 e. The Labute approximate surface area is 79.9 Å². The summed E-state index contributed by atoms with van der Waals surface area (Å²) >= 11 is 0. The summed E-state index contributed by atoms with van der Waals surface area (Å²) < 4.78 is 12.8. The second-order valence-corrected chi connectivity index (χ2v) is 2.82. The monoisotopic (exact) mass is 190 g/mol. The number of hydrogen-bond acceptors (Lipinski definition) is 3. The first-order valence-electron chi connectivity index (χ1n) is 4.00. The summed E-state index contributed by atoms with van der Waals surface area (Å²) in [6.45, 7) is 0. The smallest absolute Gasteiger partial charge is 0.142 e. The van der Waals surface area contributed by atoms with Gasteiger partial charge in [0.1, 0.15) is 11.6 Å². The van der Waals surface area contributed by atoms with Crippen molar-refractivity contribution >= 4 is 0 Å². The van der Waals surface area contributed by atoms with Crippen molar-refractivity contribution in [3.8, 4) is 16.9 Å². The second kappa shape index (κ2) is 3.41. The lowest BCUT2D eigenvalue weighted by Crippen LogP contribution is -1.83. The number of aromatic hydroxyl groups is 1. The van der Waals surface area contributed by atoms with Gasteiger partial charge in [0, 0.05) is 23.5 Å². The molecule has 3 nitrogen and oxygen atoms in total. The normalized spacial score (nSPS) is 10.1. The van der Waals surface area contributed by atoms with Crippen LogP contribution in [-0.4, -0.2) is 15.1 Å². The molecule has 2 aromatic rings. The highest BCUT2D eigenvalue weighted by Gasteiger charge is 2.00. The van der Waals surface area contributed by atoms with Crippen molar-refractivity contribution in [2.75, 3.05) is 0 Å². The average molecular weight is 190 g/mol. The molecule has 2 rings (SSSR count). The fraction of sp³-hybridized carbons (Fsp3) is 0. The highest BCUT2D eigenvalue weighted by atomic mass is 19.1. The lowest BCUT2D eigenvalue weighted by molar-refractivity contribution is 0.473. The average Bonchev–Trinajstić information content (AvgIpc) is 2.18. The van der Waals surface area contributed by atoms with Crippen molar-refractivity contribution in [2.45, 2.75) is 0 Å². The lowest BCUT2D eigenvalue weighted by Gasteiger charge is -2.00. The van der Waals surface area contributed by atoms with E-state index in [4.69, 9.17) is 5.11 Å². The van der Waals surface area contributed by atoms with E-state index in [0.29, 0.717) is 11.1 Å². The van der Waals surface area contributed by atoms with Gasteiger partial charge in [0.25, 0.3) is 0 Å². The molecule has 2 heterocycles. The number of halogens is 1. The predicted octanol–water partition coefficient (Wildman–Crippen LogP) is 1.99. The van der Waals surface area contributed by atoms with Crippen LogP contribution in [0.2, 0.25) is 0 Å². The van der Waals surface area contributed by atoms with Crippen molar-refractivity contribution in [2.24, 2.45) is 0 Å². The summed E-state index contributed by atoms with van der Waals surface area (Å²) in [4.78, 5) is 7.50. The molecular weight excluding hydrogens is 183 g/mol. The van der Waals surface area contributed by atoms with E-state index in [2.05, 4.69) is 9.97 Å². The van der Waals surface area contributed by atoms with Gasteiger partial charge < -0.3 is 5.11 Å². The Morgan fingerprint density at radius 1 is 0.929 bits per heavy atom. The Morgan fingerprint density at radius 3 is 2.21 bits per heavy atom. The van der Waals surface area contributed by atoms with Gasteiger partial charge in [0.15, 0.2) is 0 Å². The van der Waals surface area contributed by atoms with Crippen molar-refractivity contribution in [1.29, 1.82) is 0 Å². The molecule has 0 aromatic carbocycles. The fourth-order valence-corrected chi connectivity index (χ4v) is 1.16. The number of rotatable bonds is 1. The maximum absolute atomic E-state index is 12.8. The van der Waals surface area contributed by atoms with Crippen LogP contribution in [-0.2, 0) is 0 Å². The molecule has 0 radical (unpaired) electrons. The molecule has 2 aromatic heterocycles. The summed E-state index contributed by atoms with van der Waals surface area (Å²) in [5.41, 5.74) is 1.23. The molecule has 0 aliphatic carbocycles. The zero-order valence-corrected chi connectivity index (χ0v) is 7.18. The summed E-state index contributed by atoms with van der Waals surface area (Å²) in [7, 11) is 0. The second-order valence-electron chi connectivity index (χ2n) is 2.82. The molecule has 0 unspecified atom stereocenters. The third-order valence-corrected chi connectivity index (χ3v) is 1.76. The summed E-state index contributed by atoms with van der Waals surface area (Å²) in [5, 5.41) is 9.17. The molecule has 70 valence electrons. The SMILES string of the molecule is Oc1cncc(-c2cncc(F)c2)c1. The lowest BCUT2D eigenvalue weighted by atomic mass is 10.1. The van der Waals surface area contributed by atoms with Crippen LogP contribution in [0.15, 0.2) is 36.9 Å². The molecule has 0 spiro atoms. The highest BCUT2D eigenvalue weighted by Crippen LogP contribution is 2.21. The largest absolute Gasteiger partial charge is 0.506 e. The van der Waals surface area contributed by atoms with Crippen molar-refractivity contribution in [1.82, 2.24) is 9.97 Å². The van der Waals surface area contributed by atoms with E-state index in [-0.39, 0.29) is 5.75 Å². The van der Waals surface area contributed by atoms with Crippen LogP contribution in [0.25, 0.3) is 11.1 Å². The van der Waals surface area contributed by atoms with Crippen LogP contribution in [0.4, 0.5) is 4.39 Å². The maximum Gasteiger partial charge on any atom is 0.142 e. The third-order valence-electron chi connectivity index (χ3n) is 1.76. The number of hydrogen-bond donors (Lipinski definition) is 1. The molecular formula is C10H7FN2O. The van der Waals surface area contributed by atoms with Gasteiger partial charge in [-0.25, -0.2) is 4.39 Å². The van der Waals surface area contributed by atoms with Crippen LogP contribution < -0.4 is 0 Å². The van der Waals surface area contributed by atoms with Gasteiger partial charge >= 0.3 is 0 Å². The molecule has 14 heavy (non-hydrogen) atoms. The Kier molecular flexibility index (Phi) is 2.10. The van der Waals surface area contributed by atoms with Gasteiger partial charge in [-0.15, -0.1) is 0 Å². The number of nitrogens with zero attached hydrogens (tertiary/aromatic N) is 2. The van der Waals surface area contributed by atoms with E-state index >= 15 is 0 Å². The van der Waals surface area contributed by atoms with Crippen LogP contribution in [0.5, 0.6) is 5.75 Å². The Balaban J connectivity index is 2.49. The molecule has 4 heteroatoms. The van der Waals surface area contributed by atoms with Crippen molar-refractivity contribution < 1.29 is 9.50 Å².